The lowest BCUT2D eigenvalue weighted by Gasteiger charge is -2.33. The minimum atomic E-state index is -0.706. The van der Waals surface area contributed by atoms with Crippen molar-refractivity contribution in [1.82, 2.24) is 19.7 Å². The van der Waals surface area contributed by atoms with Crippen LogP contribution in [0.1, 0.15) is 28.0 Å². The highest BCUT2D eigenvalue weighted by atomic mass is 35.5. The number of ether oxygens (including phenoxy) is 1. The molecule has 0 bridgehead atoms. The predicted molar refractivity (Wildman–Crippen MR) is 111 cm³/mol. The number of carbonyl (C=O) groups is 1. The second-order valence-corrected chi connectivity index (χ2v) is 8.93. The maximum absolute atomic E-state index is 14.2. The van der Waals surface area contributed by atoms with E-state index >= 15 is 0 Å². The molecule has 31 heavy (non-hydrogen) atoms. The number of amides is 1. The Kier molecular flexibility index (Phi) is 4.80. The van der Waals surface area contributed by atoms with Gasteiger partial charge in [-0.25, -0.2) is 4.39 Å². The molecule has 0 aliphatic carbocycles. The number of pyridine rings is 1. The molecule has 4 heterocycles. The molecule has 2 aliphatic heterocycles. The van der Waals surface area contributed by atoms with Crippen LogP contribution in [-0.4, -0.2) is 49.6 Å². The molecule has 0 saturated carbocycles. The van der Waals surface area contributed by atoms with Crippen LogP contribution in [0.4, 0.5) is 4.39 Å². The molecule has 1 N–H and O–H groups in total. The van der Waals surface area contributed by atoms with Gasteiger partial charge in [0.1, 0.15) is 10.8 Å². The minimum Gasteiger partial charge on any atom is -0.503 e. The van der Waals surface area contributed by atoms with Gasteiger partial charge in [0.2, 0.25) is 5.43 Å². The van der Waals surface area contributed by atoms with Crippen LogP contribution in [0, 0.1) is 5.82 Å². The lowest BCUT2D eigenvalue weighted by molar-refractivity contribution is 0.00638. The molecule has 1 saturated heterocycles. The molecule has 0 radical (unpaired) electrons. The van der Waals surface area contributed by atoms with Gasteiger partial charge in [0, 0.05) is 12.6 Å². The summed E-state index contributed by atoms with van der Waals surface area (Å²) < 4.78 is 21.4. The molecule has 160 valence electrons. The van der Waals surface area contributed by atoms with E-state index in [0.717, 1.165) is 11.3 Å². The van der Waals surface area contributed by atoms with Crippen molar-refractivity contribution in [2.45, 2.75) is 32.2 Å². The normalized spacial score (nSPS) is 20.1. The number of halogens is 2. The van der Waals surface area contributed by atoms with Gasteiger partial charge in [-0.1, -0.05) is 35.1 Å². The van der Waals surface area contributed by atoms with Crippen LogP contribution in [-0.2, 0) is 17.7 Å². The monoisotopic (exact) mass is 462 g/mol. The quantitative estimate of drug-likeness (QED) is 0.642. The molecule has 1 amide bonds. The zero-order chi connectivity index (χ0) is 21.9. The van der Waals surface area contributed by atoms with Gasteiger partial charge in [-0.15, -0.1) is 10.2 Å². The largest absolute Gasteiger partial charge is 0.503 e. The first-order valence-corrected chi connectivity index (χ1v) is 10.7. The summed E-state index contributed by atoms with van der Waals surface area (Å²) in [7, 11) is 0. The molecule has 2 atom stereocenters. The Morgan fingerprint density at radius 1 is 1.35 bits per heavy atom. The summed E-state index contributed by atoms with van der Waals surface area (Å²) in [6.07, 6.45) is 1.19. The zero-order valence-electron chi connectivity index (χ0n) is 16.2. The Morgan fingerprint density at radius 2 is 2.16 bits per heavy atom. The third-order valence-electron chi connectivity index (χ3n) is 5.43. The number of benzene rings is 1. The fourth-order valence-corrected chi connectivity index (χ4v) is 4.97. The molecule has 3 aromatic rings. The number of aromatic hydroxyl groups is 1. The summed E-state index contributed by atoms with van der Waals surface area (Å²) >= 11 is 6.93. The van der Waals surface area contributed by atoms with Crippen LogP contribution in [0.15, 0.2) is 29.2 Å². The average Bonchev–Trinajstić information content (AvgIpc) is 3.35. The summed E-state index contributed by atoms with van der Waals surface area (Å²) in [5, 5.41) is 19.4. The number of hydrogen-bond acceptors (Lipinski definition) is 7. The van der Waals surface area contributed by atoms with Gasteiger partial charge >= 0.3 is 0 Å². The van der Waals surface area contributed by atoms with Crippen molar-refractivity contribution in [3.05, 3.63) is 61.7 Å². The fourth-order valence-electron chi connectivity index (χ4n) is 3.91. The molecule has 0 unspecified atom stereocenters. The maximum atomic E-state index is 14.2. The molecule has 11 heteroatoms. The molecule has 2 aromatic heterocycles. The molecule has 5 rings (SSSR count). The van der Waals surface area contributed by atoms with Gasteiger partial charge < -0.3 is 19.3 Å². The second-order valence-electron chi connectivity index (χ2n) is 7.46. The summed E-state index contributed by atoms with van der Waals surface area (Å²) in [5.74, 6) is -1.60. The van der Waals surface area contributed by atoms with Crippen molar-refractivity contribution in [1.29, 1.82) is 0 Å². The third kappa shape index (κ3) is 3.22. The van der Waals surface area contributed by atoms with Gasteiger partial charge in [-0.2, -0.15) is 0 Å². The summed E-state index contributed by atoms with van der Waals surface area (Å²) in [6.45, 7) is 2.52. The van der Waals surface area contributed by atoms with Gasteiger partial charge in [0.15, 0.2) is 22.7 Å². The molecule has 8 nitrogen and oxygen atoms in total. The van der Waals surface area contributed by atoms with Gasteiger partial charge in [0.05, 0.1) is 29.8 Å². The smallest absolute Gasteiger partial charge is 0.276 e. The van der Waals surface area contributed by atoms with E-state index in [1.54, 1.807) is 12.1 Å². The SMILES string of the molecule is C[C@H]1CO[C@@H]2Cn3cc(-c4nnc(Cc5cccc(Cl)c5F)s4)c(=O)c(O)c3C(=O)N12. The van der Waals surface area contributed by atoms with Crippen molar-refractivity contribution in [3.8, 4) is 16.3 Å². The van der Waals surface area contributed by atoms with Crippen LogP contribution in [0.2, 0.25) is 5.02 Å². The van der Waals surface area contributed by atoms with Crippen LogP contribution < -0.4 is 5.43 Å². The number of rotatable bonds is 3. The topological polar surface area (TPSA) is 97.5 Å². The highest BCUT2D eigenvalue weighted by Crippen LogP contribution is 2.32. The van der Waals surface area contributed by atoms with Crippen molar-refractivity contribution < 1.29 is 19.0 Å². The first kappa shape index (κ1) is 20.1. The van der Waals surface area contributed by atoms with Gasteiger partial charge in [-0.3, -0.25) is 9.59 Å². The highest BCUT2D eigenvalue weighted by molar-refractivity contribution is 7.14. The molecular weight excluding hydrogens is 447 g/mol. The van der Waals surface area contributed by atoms with Crippen molar-refractivity contribution in [2.24, 2.45) is 0 Å². The van der Waals surface area contributed by atoms with Gasteiger partial charge in [-0.05, 0) is 18.6 Å². The van der Waals surface area contributed by atoms with E-state index in [1.165, 1.54) is 21.7 Å². The van der Waals surface area contributed by atoms with Gasteiger partial charge in [0.25, 0.3) is 5.91 Å². The van der Waals surface area contributed by atoms with Crippen molar-refractivity contribution in [2.75, 3.05) is 6.61 Å². The van der Waals surface area contributed by atoms with E-state index in [9.17, 15) is 19.1 Å². The maximum Gasteiger partial charge on any atom is 0.276 e. The summed E-state index contributed by atoms with van der Waals surface area (Å²) in [5.41, 5.74) is -0.294. The second kappa shape index (κ2) is 7.40. The standard InChI is InChI=1S/C20H16ClFN4O4S/c1-9-8-30-14-7-25-6-11(17(27)18(28)16(25)20(29)26(9)14)19-24-23-13(31-19)5-10-3-2-4-12(21)15(10)22/h2-4,6,9,14,28H,5,7-8H2,1H3/t9-,14+/m0/s1. The van der Waals surface area contributed by atoms with Crippen LogP contribution in [0.5, 0.6) is 5.75 Å². The number of hydrogen-bond donors (Lipinski definition) is 1. The minimum absolute atomic E-state index is 0.0160. The number of nitrogens with zero attached hydrogens (tertiary/aromatic N) is 4. The van der Waals surface area contributed by atoms with Crippen molar-refractivity contribution >= 4 is 28.8 Å². The summed E-state index contributed by atoms with van der Waals surface area (Å²) in [6, 6.07) is 4.56. The Bertz CT molecular complexity index is 1280. The fraction of sp³-hybridized carbons (Fsp3) is 0.300. The molecule has 1 fully saturated rings. The number of fused-ring (bicyclic) bond motifs is 2. The molecule has 0 spiro atoms. The van der Waals surface area contributed by atoms with Crippen LogP contribution in [0.25, 0.3) is 10.6 Å². The average molecular weight is 463 g/mol. The molecule has 1 aromatic carbocycles. The van der Waals surface area contributed by atoms with E-state index in [2.05, 4.69) is 10.2 Å². The summed E-state index contributed by atoms with van der Waals surface area (Å²) in [4.78, 5) is 27.2. The Morgan fingerprint density at radius 3 is 2.97 bits per heavy atom. The number of carbonyl (C=O) groups excluding carboxylic acids is 1. The van der Waals surface area contributed by atoms with Crippen molar-refractivity contribution in [3.63, 3.8) is 0 Å². The Hall–Kier alpha value is -2.82. The Labute approximate surface area is 184 Å². The first-order chi connectivity index (χ1) is 14.8. The third-order valence-corrected chi connectivity index (χ3v) is 6.68. The zero-order valence-corrected chi connectivity index (χ0v) is 17.8. The number of aromatic nitrogens is 3. The molecular formula is C20H16ClFN4O4S. The molecule has 2 aliphatic rings. The van der Waals surface area contributed by atoms with E-state index in [1.807, 2.05) is 6.92 Å². The van der Waals surface area contributed by atoms with E-state index in [-0.39, 0.29) is 40.3 Å². The van der Waals surface area contributed by atoms with E-state index in [4.69, 9.17) is 16.3 Å². The van der Waals surface area contributed by atoms with Crippen LogP contribution >= 0.6 is 22.9 Å². The highest BCUT2D eigenvalue weighted by Gasteiger charge is 2.42. The lowest BCUT2D eigenvalue weighted by Crippen LogP contribution is -2.48. The van der Waals surface area contributed by atoms with Crippen LogP contribution in [0.3, 0.4) is 0 Å². The first-order valence-electron chi connectivity index (χ1n) is 9.51. The Balaban J connectivity index is 1.51. The predicted octanol–water partition coefficient (Wildman–Crippen LogP) is 2.66. The van der Waals surface area contributed by atoms with E-state index in [0.29, 0.717) is 17.2 Å². The lowest BCUT2D eigenvalue weighted by atomic mass is 10.1. The van der Waals surface area contributed by atoms with E-state index < -0.39 is 29.1 Å².